The third-order valence-electron chi connectivity index (χ3n) is 3.23. The van der Waals surface area contributed by atoms with Gasteiger partial charge in [0.05, 0.1) is 12.0 Å². The van der Waals surface area contributed by atoms with Crippen molar-refractivity contribution in [1.82, 2.24) is 5.32 Å². The Balaban J connectivity index is 1.92. The number of amides is 1. The molecular formula is C12H18N2OS. The molecule has 0 aliphatic heterocycles. The van der Waals surface area contributed by atoms with Crippen molar-refractivity contribution in [1.29, 1.82) is 0 Å². The highest BCUT2D eigenvalue weighted by atomic mass is 32.1. The number of nitrogens with one attached hydrogen (secondary N) is 1. The zero-order valence-electron chi connectivity index (χ0n) is 9.48. The second-order valence-corrected chi connectivity index (χ2v) is 5.43. The average Bonchev–Trinajstić information content (AvgIpc) is 2.86. The molecule has 0 aromatic carbocycles. The second-order valence-electron chi connectivity index (χ2n) is 4.45. The fourth-order valence-corrected chi connectivity index (χ4v) is 2.98. The van der Waals surface area contributed by atoms with Crippen LogP contribution in [-0.2, 0) is 4.79 Å². The summed E-state index contributed by atoms with van der Waals surface area (Å²) in [5, 5.41) is 5.07. The van der Waals surface area contributed by atoms with Crippen molar-refractivity contribution >= 4 is 17.2 Å². The SMILES string of the molecule is C[C@H](NC(=O)C1CCCC1N)c1cccs1. The van der Waals surface area contributed by atoms with Gasteiger partial charge in [-0.05, 0) is 31.2 Å². The smallest absolute Gasteiger partial charge is 0.225 e. The molecule has 0 saturated heterocycles. The van der Waals surface area contributed by atoms with E-state index < -0.39 is 0 Å². The predicted octanol–water partition coefficient (Wildman–Crippen LogP) is 2.05. The topological polar surface area (TPSA) is 55.1 Å². The summed E-state index contributed by atoms with van der Waals surface area (Å²) in [6.07, 6.45) is 2.99. The molecule has 1 saturated carbocycles. The molecule has 2 unspecified atom stereocenters. The van der Waals surface area contributed by atoms with Crippen molar-refractivity contribution in [2.24, 2.45) is 11.7 Å². The second kappa shape index (κ2) is 4.97. The maximum Gasteiger partial charge on any atom is 0.225 e. The molecule has 1 aliphatic rings. The Morgan fingerprint density at radius 1 is 1.62 bits per heavy atom. The lowest BCUT2D eigenvalue weighted by atomic mass is 10.0. The van der Waals surface area contributed by atoms with Gasteiger partial charge in [-0.3, -0.25) is 4.79 Å². The van der Waals surface area contributed by atoms with Gasteiger partial charge in [-0.15, -0.1) is 11.3 Å². The van der Waals surface area contributed by atoms with Gasteiger partial charge in [0.25, 0.3) is 0 Å². The van der Waals surface area contributed by atoms with Gasteiger partial charge in [-0.2, -0.15) is 0 Å². The molecule has 3 atom stereocenters. The van der Waals surface area contributed by atoms with Gasteiger partial charge in [0.15, 0.2) is 0 Å². The van der Waals surface area contributed by atoms with Crippen molar-refractivity contribution < 1.29 is 4.79 Å². The monoisotopic (exact) mass is 238 g/mol. The quantitative estimate of drug-likeness (QED) is 0.847. The largest absolute Gasteiger partial charge is 0.348 e. The minimum atomic E-state index is 0.0161. The molecule has 1 amide bonds. The summed E-state index contributed by atoms with van der Waals surface area (Å²) < 4.78 is 0. The van der Waals surface area contributed by atoms with Gasteiger partial charge < -0.3 is 11.1 Å². The molecular weight excluding hydrogens is 220 g/mol. The van der Waals surface area contributed by atoms with Crippen LogP contribution in [0.25, 0.3) is 0 Å². The summed E-state index contributed by atoms with van der Waals surface area (Å²) in [6.45, 7) is 2.02. The minimum Gasteiger partial charge on any atom is -0.348 e. The van der Waals surface area contributed by atoms with E-state index in [1.807, 2.05) is 24.4 Å². The van der Waals surface area contributed by atoms with E-state index in [0.29, 0.717) is 0 Å². The van der Waals surface area contributed by atoms with Crippen molar-refractivity contribution in [3.8, 4) is 0 Å². The number of hydrogen-bond acceptors (Lipinski definition) is 3. The van der Waals surface area contributed by atoms with Gasteiger partial charge >= 0.3 is 0 Å². The lowest BCUT2D eigenvalue weighted by Gasteiger charge is -2.18. The van der Waals surface area contributed by atoms with E-state index in [9.17, 15) is 4.79 Å². The average molecular weight is 238 g/mol. The first-order chi connectivity index (χ1) is 7.68. The molecule has 88 valence electrons. The van der Waals surface area contributed by atoms with E-state index in [1.54, 1.807) is 11.3 Å². The zero-order chi connectivity index (χ0) is 11.5. The highest BCUT2D eigenvalue weighted by Gasteiger charge is 2.30. The summed E-state index contributed by atoms with van der Waals surface area (Å²) in [5.74, 6) is 0.133. The summed E-state index contributed by atoms with van der Waals surface area (Å²) in [7, 11) is 0. The molecule has 3 N–H and O–H groups in total. The Hall–Kier alpha value is -0.870. The number of hydrogen-bond donors (Lipinski definition) is 2. The van der Waals surface area contributed by atoms with Crippen molar-refractivity contribution in [3.63, 3.8) is 0 Å². The number of rotatable bonds is 3. The van der Waals surface area contributed by atoms with Gasteiger partial charge in [-0.1, -0.05) is 12.5 Å². The van der Waals surface area contributed by atoms with Crippen LogP contribution >= 0.6 is 11.3 Å². The molecule has 1 aromatic rings. The van der Waals surface area contributed by atoms with E-state index in [-0.39, 0.29) is 23.9 Å². The summed E-state index contributed by atoms with van der Waals surface area (Å²) in [5.41, 5.74) is 5.92. The maximum absolute atomic E-state index is 12.0. The first-order valence-electron chi connectivity index (χ1n) is 5.78. The molecule has 4 heteroatoms. The number of thiophene rings is 1. The van der Waals surface area contributed by atoms with Crippen molar-refractivity contribution in [2.75, 3.05) is 0 Å². The number of carbonyl (C=O) groups is 1. The summed E-state index contributed by atoms with van der Waals surface area (Å²) in [6, 6.07) is 4.20. The molecule has 1 aromatic heterocycles. The van der Waals surface area contributed by atoms with Crippen LogP contribution in [0.5, 0.6) is 0 Å². The number of nitrogens with two attached hydrogens (primary N) is 1. The van der Waals surface area contributed by atoms with E-state index in [4.69, 9.17) is 5.73 Å². The fourth-order valence-electron chi connectivity index (χ4n) is 2.24. The Bertz CT molecular complexity index is 350. The van der Waals surface area contributed by atoms with Crippen LogP contribution in [-0.4, -0.2) is 11.9 Å². The summed E-state index contributed by atoms with van der Waals surface area (Å²) in [4.78, 5) is 13.2. The third kappa shape index (κ3) is 2.44. The zero-order valence-corrected chi connectivity index (χ0v) is 10.3. The fraction of sp³-hybridized carbons (Fsp3) is 0.583. The van der Waals surface area contributed by atoms with E-state index in [2.05, 4.69) is 5.32 Å². The summed E-state index contributed by atoms with van der Waals surface area (Å²) >= 11 is 1.67. The van der Waals surface area contributed by atoms with Crippen LogP contribution in [0.3, 0.4) is 0 Å². The van der Waals surface area contributed by atoms with Crippen LogP contribution in [0, 0.1) is 5.92 Å². The highest BCUT2D eigenvalue weighted by molar-refractivity contribution is 7.10. The Kier molecular flexibility index (Phi) is 3.61. The van der Waals surface area contributed by atoms with Crippen molar-refractivity contribution in [3.05, 3.63) is 22.4 Å². The maximum atomic E-state index is 12.0. The van der Waals surface area contributed by atoms with E-state index in [1.165, 1.54) is 4.88 Å². The molecule has 0 bridgehead atoms. The van der Waals surface area contributed by atoms with E-state index >= 15 is 0 Å². The van der Waals surface area contributed by atoms with Gasteiger partial charge in [0, 0.05) is 10.9 Å². The lowest BCUT2D eigenvalue weighted by Crippen LogP contribution is -2.39. The third-order valence-corrected chi connectivity index (χ3v) is 4.29. The van der Waals surface area contributed by atoms with Crippen molar-refractivity contribution in [2.45, 2.75) is 38.3 Å². The van der Waals surface area contributed by atoms with Crippen LogP contribution in [0.1, 0.15) is 37.1 Å². The normalized spacial score (nSPS) is 26.6. The highest BCUT2D eigenvalue weighted by Crippen LogP contribution is 2.25. The molecule has 16 heavy (non-hydrogen) atoms. The molecule has 0 spiro atoms. The molecule has 1 aliphatic carbocycles. The van der Waals surface area contributed by atoms with Crippen LogP contribution in [0.4, 0.5) is 0 Å². The standard InChI is InChI=1S/C12H18N2OS/c1-8(11-6-3-7-16-11)14-12(15)9-4-2-5-10(9)13/h3,6-10H,2,4-5,13H2,1H3,(H,14,15)/t8-,9?,10?/m0/s1. The first kappa shape index (κ1) is 11.6. The molecule has 3 nitrogen and oxygen atoms in total. The van der Waals surface area contributed by atoms with Gasteiger partial charge in [0.2, 0.25) is 5.91 Å². The number of carbonyl (C=O) groups excluding carboxylic acids is 1. The predicted molar refractivity (Wildman–Crippen MR) is 66.2 cm³/mol. The molecule has 1 fully saturated rings. The molecule has 0 radical (unpaired) electrons. The Morgan fingerprint density at radius 3 is 3.00 bits per heavy atom. The van der Waals surface area contributed by atoms with E-state index in [0.717, 1.165) is 19.3 Å². The Labute approximate surface area is 100 Å². The first-order valence-corrected chi connectivity index (χ1v) is 6.66. The lowest BCUT2D eigenvalue weighted by molar-refractivity contribution is -0.125. The van der Waals surface area contributed by atoms with Crippen LogP contribution in [0.15, 0.2) is 17.5 Å². The van der Waals surface area contributed by atoms with Crippen LogP contribution in [0.2, 0.25) is 0 Å². The van der Waals surface area contributed by atoms with Crippen LogP contribution < -0.4 is 11.1 Å². The van der Waals surface area contributed by atoms with Gasteiger partial charge in [-0.25, -0.2) is 0 Å². The van der Waals surface area contributed by atoms with Gasteiger partial charge in [0.1, 0.15) is 0 Å². The Morgan fingerprint density at radius 2 is 2.44 bits per heavy atom. The molecule has 1 heterocycles. The molecule has 2 rings (SSSR count). The minimum absolute atomic E-state index is 0.0161.